The Morgan fingerprint density at radius 3 is 2.70 bits per heavy atom. The van der Waals surface area contributed by atoms with Crippen LogP contribution in [0, 0.1) is 0 Å². The summed E-state index contributed by atoms with van der Waals surface area (Å²) in [6, 6.07) is 14.7. The number of amides is 1. The number of anilines is 1. The van der Waals surface area contributed by atoms with E-state index in [-0.39, 0.29) is 23.7 Å². The Bertz CT molecular complexity index is 1380. The lowest BCUT2D eigenvalue weighted by molar-refractivity contribution is -0.142. The zero-order valence-corrected chi connectivity index (χ0v) is 20.3. The molecule has 0 spiro atoms. The number of ketones is 1. The summed E-state index contributed by atoms with van der Waals surface area (Å²) in [5.41, 5.74) is 3.14. The molecule has 0 aliphatic carbocycles. The number of hydrogen-bond donors (Lipinski definition) is 1. The molecular weight excluding hydrogens is 472 g/mol. The minimum absolute atomic E-state index is 0.00900. The highest BCUT2D eigenvalue weighted by atomic mass is 16.5. The summed E-state index contributed by atoms with van der Waals surface area (Å²) < 4.78 is 10.7. The number of aryl methyl sites for hydroxylation is 1. The highest BCUT2D eigenvalue weighted by molar-refractivity contribution is 6.51. The number of benzene rings is 2. The van der Waals surface area contributed by atoms with E-state index >= 15 is 0 Å². The van der Waals surface area contributed by atoms with Crippen LogP contribution in [0.1, 0.15) is 41.6 Å². The van der Waals surface area contributed by atoms with Crippen molar-refractivity contribution >= 4 is 29.1 Å². The molecule has 5 rings (SSSR count). The lowest BCUT2D eigenvalue weighted by Crippen LogP contribution is -2.29. The first kappa shape index (κ1) is 24.2. The summed E-state index contributed by atoms with van der Waals surface area (Å²) in [4.78, 5) is 44.1. The first-order valence-electron chi connectivity index (χ1n) is 12.2. The highest BCUT2D eigenvalue weighted by Gasteiger charge is 2.47. The number of aliphatic hydroxyl groups excluding tert-OH is 1. The van der Waals surface area contributed by atoms with Gasteiger partial charge in [-0.15, -0.1) is 0 Å². The molecule has 1 unspecified atom stereocenters. The zero-order chi connectivity index (χ0) is 25.9. The lowest BCUT2D eigenvalue weighted by Gasteiger charge is -2.25. The van der Waals surface area contributed by atoms with Crippen molar-refractivity contribution in [3.05, 3.63) is 94.8 Å². The Labute approximate surface area is 214 Å². The number of carbonyl (C=O) groups is 3. The van der Waals surface area contributed by atoms with Crippen molar-refractivity contribution in [2.24, 2.45) is 0 Å². The fraction of sp³-hybridized carbons (Fsp3) is 0.241. The third kappa shape index (κ3) is 4.70. The van der Waals surface area contributed by atoms with Gasteiger partial charge >= 0.3 is 5.97 Å². The summed E-state index contributed by atoms with van der Waals surface area (Å²) in [6.45, 7) is 2.68. The predicted molar refractivity (Wildman–Crippen MR) is 136 cm³/mol. The number of nitrogens with zero attached hydrogens (tertiary/aromatic N) is 2. The number of pyridine rings is 1. The van der Waals surface area contributed by atoms with Gasteiger partial charge in [-0.25, -0.2) is 0 Å². The SMILES string of the molecule is CCOC(=O)Cc1ccc(N2C(=O)C(=O)/C(=C(\O)c3ccc4c(c3)CCCO4)C2c2cccnc2)cc1. The molecule has 2 aliphatic heterocycles. The van der Waals surface area contributed by atoms with Crippen LogP contribution in [0.4, 0.5) is 5.69 Å². The maximum atomic E-state index is 13.3. The molecule has 0 bridgehead atoms. The van der Waals surface area contributed by atoms with Crippen LogP contribution in [0.25, 0.3) is 5.76 Å². The fourth-order valence-corrected chi connectivity index (χ4v) is 4.77. The van der Waals surface area contributed by atoms with Crippen molar-refractivity contribution in [1.82, 2.24) is 4.98 Å². The molecular formula is C29H26N2O6. The van der Waals surface area contributed by atoms with Crippen LogP contribution in [0.3, 0.4) is 0 Å². The molecule has 37 heavy (non-hydrogen) atoms. The fourth-order valence-electron chi connectivity index (χ4n) is 4.77. The second kappa shape index (κ2) is 10.3. The number of hydrogen-bond acceptors (Lipinski definition) is 7. The Hall–Kier alpha value is -4.46. The molecule has 8 heteroatoms. The topological polar surface area (TPSA) is 106 Å². The number of esters is 1. The normalized spacial score (nSPS) is 18.3. The molecule has 0 radical (unpaired) electrons. The Morgan fingerprint density at radius 2 is 1.97 bits per heavy atom. The van der Waals surface area contributed by atoms with Crippen LogP contribution in [0.5, 0.6) is 5.75 Å². The van der Waals surface area contributed by atoms with Gasteiger partial charge in [0.25, 0.3) is 11.7 Å². The van der Waals surface area contributed by atoms with Gasteiger partial charge in [-0.05, 0) is 72.9 Å². The lowest BCUT2D eigenvalue weighted by atomic mass is 9.94. The van der Waals surface area contributed by atoms with Crippen molar-refractivity contribution in [2.45, 2.75) is 32.2 Å². The van der Waals surface area contributed by atoms with Crippen LogP contribution < -0.4 is 9.64 Å². The number of fused-ring (bicyclic) bond motifs is 1. The Morgan fingerprint density at radius 1 is 1.16 bits per heavy atom. The molecule has 0 saturated carbocycles. The summed E-state index contributed by atoms with van der Waals surface area (Å²) in [5.74, 6) is -1.37. The summed E-state index contributed by atoms with van der Waals surface area (Å²) in [6.07, 6.45) is 4.94. The van der Waals surface area contributed by atoms with Gasteiger partial charge < -0.3 is 14.6 Å². The Kier molecular flexibility index (Phi) is 6.72. The number of ether oxygens (including phenoxy) is 2. The molecule has 1 aromatic heterocycles. The number of carbonyl (C=O) groups excluding carboxylic acids is 3. The number of aromatic nitrogens is 1. The smallest absolute Gasteiger partial charge is 0.310 e. The van der Waals surface area contributed by atoms with E-state index < -0.39 is 17.7 Å². The van der Waals surface area contributed by atoms with Crippen LogP contribution >= 0.6 is 0 Å². The maximum absolute atomic E-state index is 13.3. The molecule has 1 N–H and O–H groups in total. The van der Waals surface area contributed by atoms with Gasteiger partial charge in [0, 0.05) is 23.6 Å². The highest BCUT2D eigenvalue weighted by Crippen LogP contribution is 2.42. The van der Waals surface area contributed by atoms with Crippen LogP contribution in [-0.4, -0.2) is 41.0 Å². The van der Waals surface area contributed by atoms with Crippen molar-refractivity contribution in [2.75, 3.05) is 18.1 Å². The van der Waals surface area contributed by atoms with Crippen molar-refractivity contribution in [3.8, 4) is 5.75 Å². The number of Topliss-reactive ketones (excluding diaryl/α,β-unsaturated/α-hetero) is 1. The molecule has 1 atom stereocenters. The van der Waals surface area contributed by atoms with E-state index in [9.17, 15) is 19.5 Å². The van der Waals surface area contributed by atoms with E-state index in [1.54, 1.807) is 67.8 Å². The largest absolute Gasteiger partial charge is 0.507 e. The van der Waals surface area contributed by atoms with Gasteiger partial charge in [0.05, 0.1) is 31.2 Å². The molecule has 2 aliphatic rings. The number of rotatable bonds is 6. The molecule has 3 aromatic rings. The van der Waals surface area contributed by atoms with Crippen LogP contribution in [-0.2, 0) is 32.0 Å². The van der Waals surface area contributed by atoms with E-state index in [1.807, 2.05) is 6.07 Å². The molecule has 1 saturated heterocycles. The second-order valence-corrected chi connectivity index (χ2v) is 8.88. The van der Waals surface area contributed by atoms with Crippen molar-refractivity contribution in [3.63, 3.8) is 0 Å². The minimum atomic E-state index is -0.878. The van der Waals surface area contributed by atoms with Gasteiger partial charge in [0.15, 0.2) is 0 Å². The molecule has 188 valence electrons. The average Bonchev–Trinajstić information content (AvgIpc) is 3.19. The summed E-state index contributed by atoms with van der Waals surface area (Å²) in [7, 11) is 0. The molecule has 3 heterocycles. The van der Waals surface area contributed by atoms with Gasteiger partial charge in [0.2, 0.25) is 0 Å². The van der Waals surface area contributed by atoms with Crippen molar-refractivity contribution < 1.29 is 29.0 Å². The quantitative estimate of drug-likeness (QED) is 0.236. The maximum Gasteiger partial charge on any atom is 0.310 e. The van der Waals surface area contributed by atoms with E-state index in [2.05, 4.69) is 4.98 Å². The van der Waals surface area contributed by atoms with Gasteiger partial charge in [-0.3, -0.25) is 24.3 Å². The second-order valence-electron chi connectivity index (χ2n) is 8.88. The molecule has 2 aromatic carbocycles. The predicted octanol–water partition coefficient (Wildman–Crippen LogP) is 4.14. The van der Waals surface area contributed by atoms with E-state index in [0.29, 0.717) is 35.6 Å². The van der Waals surface area contributed by atoms with E-state index in [4.69, 9.17) is 9.47 Å². The molecule has 8 nitrogen and oxygen atoms in total. The standard InChI is InChI=1S/C29H26N2O6/c1-2-36-24(32)15-18-7-10-22(11-8-18)31-26(21-5-3-13-30-17-21)25(28(34)29(31)35)27(33)20-9-12-23-19(16-20)6-4-14-37-23/h3,5,7-13,16-17,26,33H,2,4,6,14-15H2,1H3/b27-25-. The first-order chi connectivity index (χ1) is 18.0. The minimum Gasteiger partial charge on any atom is -0.507 e. The van der Waals surface area contributed by atoms with Gasteiger partial charge in [0.1, 0.15) is 11.5 Å². The Balaban J connectivity index is 1.57. The monoisotopic (exact) mass is 498 g/mol. The first-order valence-corrected chi connectivity index (χ1v) is 12.2. The van der Waals surface area contributed by atoms with E-state index in [1.165, 1.54) is 4.90 Å². The molecule has 1 fully saturated rings. The van der Waals surface area contributed by atoms with Gasteiger partial charge in [-0.2, -0.15) is 0 Å². The van der Waals surface area contributed by atoms with E-state index in [0.717, 1.165) is 24.2 Å². The van der Waals surface area contributed by atoms with Gasteiger partial charge in [-0.1, -0.05) is 18.2 Å². The average molecular weight is 499 g/mol. The molecule has 1 amide bonds. The summed E-state index contributed by atoms with van der Waals surface area (Å²) in [5, 5.41) is 11.4. The third-order valence-electron chi connectivity index (χ3n) is 6.49. The summed E-state index contributed by atoms with van der Waals surface area (Å²) >= 11 is 0. The third-order valence-corrected chi connectivity index (χ3v) is 6.49. The van der Waals surface area contributed by atoms with Crippen LogP contribution in [0.2, 0.25) is 0 Å². The van der Waals surface area contributed by atoms with Crippen LogP contribution in [0.15, 0.2) is 72.6 Å². The van der Waals surface area contributed by atoms with Crippen molar-refractivity contribution in [1.29, 1.82) is 0 Å². The number of aliphatic hydroxyl groups is 1. The zero-order valence-electron chi connectivity index (χ0n) is 20.3.